The van der Waals surface area contributed by atoms with E-state index in [0.717, 1.165) is 18.5 Å². The Balaban J connectivity index is 1.91. The molecule has 0 saturated carbocycles. The van der Waals surface area contributed by atoms with Gasteiger partial charge in [-0.25, -0.2) is 0 Å². The van der Waals surface area contributed by atoms with E-state index < -0.39 is 0 Å². The number of aromatic nitrogens is 2. The summed E-state index contributed by atoms with van der Waals surface area (Å²) in [6, 6.07) is 0. The molecule has 0 spiro atoms. The maximum atomic E-state index is 12.2. The predicted molar refractivity (Wildman–Crippen MR) is 70.4 cm³/mol. The lowest BCUT2D eigenvalue weighted by atomic mass is 10.3. The summed E-state index contributed by atoms with van der Waals surface area (Å²) in [6.07, 6.45) is 4.44. The first-order valence-electron chi connectivity index (χ1n) is 6.58. The molecule has 2 rings (SSSR count). The van der Waals surface area contributed by atoms with Gasteiger partial charge in [-0.3, -0.25) is 14.3 Å². The van der Waals surface area contributed by atoms with Crippen molar-refractivity contribution in [1.29, 1.82) is 0 Å². The zero-order chi connectivity index (χ0) is 13.8. The quantitative estimate of drug-likeness (QED) is 0.770. The van der Waals surface area contributed by atoms with Crippen molar-refractivity contribution in [2.45, 2.75) is 26.8 Å². The van der Waals surface area contributed by atoms with Crippen LogP contribution in [0, 0.1) is 6.92 Å². The molecule has 0 bridgehead atoms. The van der Waals surface area contributed by atoms with E-state index in [1.54, 1.807) is 22.7 Å². The van der Waals surface area contributed by atoms with Gasteiger partial charge in [0.15, 0.2) is 0 Å². The molecular formula is C13H20N4O2. The second-order valence-corrected chi connectivity index (χ2v) is 4.96. The maximum Gasteiger partial charge on any atom is 0.244 e. The number of hydrogen-bond donors (Lipinski definition) is 0. The summed E-state index contributed by atoms with van der Waals surface area (Å²) >= 11 is 0. The molecule has 104 valence electrons. The molecular weight excluding hydrogens is 244 g/mol. The lowest BCUT2D eigenvalue weighted by molar-refractivity contribution is -0.133. The molecule has 1 aromatic heterocycles. The highest BCUT2D eigenvalue weighted by molar-refractivity contribution is 5.76. The van der Waals surface area contributed by atoms with E-state index in [2.05, 4.69) is 5.10 Å². The lowest BCUT2D eigenvalue weighted by Gasteiger charge is -2.21. The fourth-order valence-corrected chi connectivity index (χ4v) is 2.27. The van der Waals surface area contributed by atoms with Crippen LogP contribution < -0.4 is 0 Å². The molecule has 2 heterocycles. The minimum atomic E-state index is 0.0634. The molecule has 6 nitrogen and oxygen atoms in total. The average molecular weight is 264 g/mol. The maximum absolute atomic E-state index is 12.2. The Bertz CT molecular complexity index is 469. The highest BCUT2D eigenvalue weighted by Gasteiger charge is 2.20. The van der Waals surface area contributed by atoms with Crippen LogP contribution in [0.2, 0.25) is 0 Å². The van der Waals surface area contributed by atoms with Crippen LogP contribution in [0.4, 0.5) is 0 Å². The third kappa shape index (κ3) is 3.56. The fourth-order valence-electron chi connectivity index (χ4n) is 2.27. The zero-order valence-corrected chi connectivity index (χ0v) is 11.5. The summed E-state index contributed by atoms with van der Waals surface area (Å²) < 4.78 is 1.66. The number of rotatable bonds is 2. The first kappa shape index (κ1) is 13.6. The molecule has 1 aliphatic heterocycles. The average Bonchev–Trinajstić information content (AvgIpc) is 2.65. The molecule has 1 saturated heterocycles. The monoisotopic (exact) mass is 264 g/mol. The van der Waals surface area contributed by atoms with Crippen molar-refractivity contribution in [3.63, 3.8) is 0 Å². The lowest BCUT2D eigenvalue weighted by Crippen LogP contribution is -2.38. The van der Waals surface area contributed by atoms with Crippen molar-refractivity contribution in [3.8, 4) is 0 Å². The number of hydrogen-bond acceptors (Lipinski definition) is 3. The number of nitrogens with zero attached hydrogens (tertiary/aromatic N) is 4. The van der Waals surface area contributed by atoms with Gasteiger partial charge in [-0.05, 0) is 18.9 Å². The van der Waals surface area contributed by atoms with Crippen molar-refractivity contribution in [1.82, 2.24) is 19.6 Å². The molecule has 0 radical (unpaired) electrons. The normalized spacial score (nSPS) is 16.3. The van der Waals surface area contributed by atoms with Gasteiger partial charge < -0.3 is 9.80 Å². The third-order valence-electron chi connectivity index (χ3n) is 3.35. The van der Waals surface area contributed by atoms with Gasteiger partial charge in [-0.1, -0.05) is 0 Å². The van der Waals surface area contributed by atoms with Crippen molar-refractivity contribution in [2.24, 2.45) is 0 Å². The summed E-state index contributed by atoms with van der Waals surface area (Å²) in [5, 5.41) is 4.12. The number of carbonyl (C=O) groups excluding carboxylic acids is 2. The fraction of sp³-hybridized carbons (Fsp3) is 0.615. The molecule has 1 fully saturated rings. The Labute approximate surface area is 113 Å². The van der Waals surface area contributed by atoms with Crippen LogP contribution in [-0.2, 0) is 16.1 Å². The van der Waals surface area contributed by atoms with E-state index in [1.807, 2.05) is 18.0 Å². The Hall–Kier alpha value is -1.85. The smallest absolute Gasteiger partial charge is 0.244 e. The molecule has 0 N–H and O–H groups in total. The SMILES string of the molecule is CC(=O)N1CCCN(C(=O)Cn2cc(C)cn2)CC1. The Morgan fingerprint density at radius 1 is 1.21 bits per heavy atom. The van der Waals surface area contributed by atoms with Crippen molar-refractivity contribution >= 4 is 11.8 Å². The van der Waals surface area contributed by atoms with E-state index in [9.17, 15) is 9.59 Å². The van der Waals surface area contributed by atoms with Gasteiger partial charge in [0.1, 0.15) is 6.54 Å². The number of amides is 2. The van der Waals surface area contributed by atoms with Crippen LogP contribution in [0.15, 0.2) is 12.4 Å². The van der Waals surface area contributed by atoms with Gasteiger partial charge in [0.05, 0.1) is 6.20 Å². The van der Waals surface area contributed by atoms with Gasteiger partial charge >= 0.3 is 0 Å². The topological polar surface area (TPSA) is 58.4 Å². The van der Waals surface area contributed by atoms with E-state index >= 15 is 0 Å². The first-order valence-corrected chi connectivity index (χ1v) is 6.58. The van der Waals surface area contributed by atoms with Crippen LogP contribution in [0.25, 0.3) is 0 Å². The summed E-state index contributed by atoms with van der Waals surface area (Å²) in [7, 11) is 0. The summed E-state index contributed by atoms with van der Waals surface area (Å²) in [5.41, 5.74) is 1.05. The van der Waals surface area contributed by atoms with Gasteiger partial charge in [0.2, 0.25) is 11.8 Å². The minimum Gasteiger partial charge on any atom is -0.341 e. The molecule has 2 amide bonds. The van der Waals surface area contributed by atoms with E-state index in [4.69, 9.17) is 0 Å². The summed E-state index contributed by atoms with van der Waals surface area (Å²) in [4.78, 5) is 27.1. The number of carbonyl (C=O) groups is 2. The van der Waals surface area contributed by atoms with E-state index in [0.29, 0.717) is 19.6 Å². The van der Waals surface area contributed by atoms with Gasteiger partial charge in [-0.15, -0.1) is 0 Å². The van der Waals surface area contributed by atoms with E-state index in [1.165, 1.54) is 0 Å². The van der Waals surface area contributed by atoms with Gasteiger partial charge in [0, 0.05) is 39.3 Å². The number of aryl methyl sites for hydroxylation is 1. The van der Waals surface area contributed by atoms with Crippen LogP contribution in [0.5, 0.6) is 0 Å². The predicted octanol–water partition coefficient (Wildman–Crippen LogP) is 0.272. The molecule has 0 atom stereocenters. The van der Waals surface area contributed by atoms with Crippen LogP contribution in [-0.4, -0.2) is 57.6 Å². The Morgan fingerprint density at radius 2 is 1.89 bits per heavy atom. The Morgan fingerprint density at radius 3 is 2.53 bits per heavy atom. The van der Waals surface area contributed by atoms with E-state index in [-0.39, 0.29) is 18.4 Å². The highest BCUT2D eigenvalue weighted by atomic mass is 16.2. The highest BCUT2D eigenvalue weighted by Crippen LogP contribution is 2.05. The summed E-state index contributed by atoms with van der Waals surface area (Å²) in [6.45, 7) is 6.48. The van der Waals surface area contributed by atoms with Crippen LogP contribution in [0.1, 0.15) is 18.9 Å². The van der Waals surface area contributed by atoms with Crippen molar-refractivity contribution in [2.75, 3.05) is 26.2 Å². The molecule has 0 unspecified atom stereocenters. The van der Waals surface area contributed by atoms with Crippen molar-refractivity contribution < 1.29 is 9.59 Å². The largest absolute Gasteiger partial charge is 0.341 e. The molecule has 1 aliphatic rings. The zero-order valence-electron chi connectivity index (χ0n) is 11.5. The van der Waals surface area contributed by atoms with Crippen LogP contribution >= 0.6 is 0 Å². The molecule has 19 heavy (non-hydrogen) atoms. The summed E-state index contributed by atoms with van der Waals surface area (Å²) in [5.74, 6) is 0.144. The Kier molecular flexibility index (Phi) is 4.19. The second-order valence-electron chi connectivity index (χ2n) is 4.96. The molecule has 1 aromatic rings. The first-order chi connectivity index (χ1) is 9.06. The molecule has 0 aliphatic carbocycles. The van der Waals surface area contributed by atoms with Gasteiger partial charge in [-0.2, -0.15) is 5.10 Å². The standard InChI is InChI=1S/C13H20N4O2/c1-11-8-14-17(9-11)10-13(19)16-5-3-4-15(6-7-16)12(2)18/h8-9H,3-7,10H2,1-2H3. The minimum absolute atomic E-state index is 0.0634. The van der Waals surface area contributed by atoms with Crippen LogP contribution in [0.3, 0.4) is 0 Å². The molecule has 0 aromatic carbocycles. The second kappa shape index (κ2) is 5.86. The van der Waals surface area contributed by atoms with Gasteiger partial charge in [0.25, 0.3) is 0 Å². The molecule has 6 heteroatoms. The van der Waals surface area contributed by atoms with Crippen molar-refractivity contribution in [3.05, 3.63) is 18.0 Å². The third-order valence-corrected chi connectivity index (χ3v) is 3.35.